The van der Waals surface area contributed by atoms with Gasteiger partial charge in [0.1, 0.15) is 5.82 Å². The molecule has 3 rings (SSSR count). The average Bonchev–Trinajstić information content (AvgIpc) is 3.36. The van der Waals surface area contributed by atoms with E-state index in [0.717, 1.165) is 23.3 Å². The standard InChI is InChI=1S/C21H25FN2O3S/c1-16(25)23(13-19-4-2-10-27-19)15-21(26)24(14-20-5-3-11-28-20)12-17-6-8-18(22)9-7-17/h3,5-9,11,19H,2,4,10,12-15H2,1H3. The van der Waals surface area contributed by atoms with Crippen LogP contribution >= 0.6 is 11.3 Å². The van der Waals surface area contributed by atoms with Crippen molar-refractivity contribution in [3.05, 3.63) is 58.0 Å². The van der Waals surface area contributed by atoms with Crippen molar-refractivity contribution in [3.8, 4) is 0 Å². The maximum Gasteiger partial charge on any atom is 0.242 e. The number of benzene rings is 1. The maximum atomic E-state index is 13.2. The van der Waals surface area contributed by atoms with Crippen molar-refractivity contribution in [3.63, 3.8) is 0 Å². The molecule has 0 saturated carbocycles. The zero-order valence-corrected chi connectivity index (χ0v) is 16.8. The Labute approximate surface area is 168 Å². The topological polar surface area (TPSA) is 49.9 Å². The van der Waals surface area contributed by atoms with E-state index in [1.165, 1.54) is 19.1 Å². The Balaban J connectivity index is 1.70. The van der Waals surface area contributed by atoms with Crippen LogP contribution in [0.4, 0.5) is 4.39 Å². The molecule has 1 saturated heterocycles. The summed E-state index contributed by atoms with van der Waals surface area (Å²) in [5.74, 6) is -0.577. The first kappa shape index (κ1) is 20.5. The average molecular weight is 405 g/mol. The second kappa shape index (κ2) is 9.80. The highest BCUT2D eigenvalue weighted by Gasteiger charge is 2.25. The van der Waals surface area contributed by atoms with Crippen molar-refractivity contribution in [1.29, 1.82) is 0 Å². The first-order chi connectivity index (χ1) is 13.5. The van der Waals surface area contributed by atoms with Crippen LogP contribution in [-0.4, -0.2) is 47.4 Å². The molecular formula is C21H25FN2O3S. The van der Waals surface area contributed by atoms with Crippen molar-refractivity contribution in [1.82, 2.24) is 9.80 Å². The van der Waals surface area contributed by atoms with Crippen LogP contribution < -0.4 is 0 Å². The summed E-state index contributed by atoms with van der Waals surface area (Å²) in [5, 5.41) is 1.97. The molecule has 0 aliphatic carbocycles. The summed E-state index contributed by atoms with van der Waals surface area (Å²) in [6, 6.07) is 10.1. The molecule has 7 heteroatoms. The van der Waals surface area contributed by atoms with E-state index in [1.54, 1.807) is 33.3 Å². The molecule has 0 N–H and O–H groups in total. The highest BCUT2D eigenvalue weighted by atomic mass is 32.1. The molecule has 5 nitrogen and oxygen atoms in total. The van der Waals surface area contributed by atoms with Gasteiger partial charge in [-0.25, -0.2) is 4.39 Å². The van der Waals surface area contributed by atoms with E-state index >= 15 is 0 Å². The Hall–Kier alpha value is -2.25. The SMILES string of the molecule is CC(=O)N(CC(=O)N(Cc1ccc(F)cc1)Cc1cccs1)CC1CCCO1. The lowest BCUT2D eigenvalue weighted by molar-refractivity contribution is -0.141. The largest absolute Gasteiger partial charge is 0.376 e. The lowest BCUT2D eigenvalue weighted by atomic mass is 10.2. The van der Waals surface area contributed by atoms with E-state index in [2.05, 4.69) is 0 Å². The molecule has 2 heterocycles. The lowest BCUT2D eigenvalue weighted by Crippen LogP contribution is -2.44. The summed E-state index contributed by atoms with van der Waals surface area (Å²) < 4.78 is 18.8. The third-order valence-electron chi connectivity index (χ3n) is 4.79. The number of carbonyl (C=O) groups excluding carboxylic acids is 2. The van der Waals surface area contributed by atoms with Gasteiger partial charge in [-0.3, -0.25) is 9.59 Å². The number of thiophene rings is 1. The van der Waals surface area contributed by atoms with Crippen LogP contribution in [-0.2, 0) is 27.4 Å². The van der Waals surface area contributed by atoms with E-state index in [4.69, 9.17) is 4.74 Å². The Morgan fingerprint density at radius 2 is 1.96 bits per heavy atom. The first-order valence-electron chi connectivity index (χ1n) is 9.43. The van der Waals surface area contributed by atoms with Gasteiger partial charge in [0.05, 0.1) is 19.2 Å². The molecule has 1 aliphatic rings. The summed E-state index contributed by atoms with van der Waals surface area (Å²) in [5.41, 5.74) is 0.847. The van der Waals surface area contributed by atoms with E-state index in [1.807, 2.05) is 17.5 Å². The molecule has 28 heavy (non-hydrogen) atoms. The number of hydrogen-bond acceptors (Lipinski definition) is 4. The predicted molar refractivity (Wildman–Crippen MR) is 106 cm³/mol. The van der Waals surface area contributed by atoms with Gasteiger partial charge in [0, 0.05) is 31.5 Å². The molecule has 0 radical (unpaired) electrons. The maximum absolute atomic E-state index is 13.2. The van der Waals surface area contributed by atoms with Gasteiger partial charge < -0.3 is 14.5 Å². The minimum atomic E-state index is -0.306. The van der Waals surface area contributed by atoms with Gasteiger partial charge in [0.2, 0.25) is 11.8 Å². The smallest absolute Gasteiger partial charge is 0.242 e. The van der Waals surface area contributed by atoms with Crippen LogP contribution in [0, 0.1) is 5.82 Å². The molecule has 2 aromatic rings. The summed E-state index contributed by atoms with van der Waals surface area (Å²) in [6.45, 7) is 3.46. The molecule has 1 fully saturated rings. The summed E-state index contributed by atoms with van der Waals surface area (Å²) >= 11 is 1.58. The van der Waals surface area contributed by atoms with Crippen LogP contribution in [0.15, 0.2) is 41.8 Å². The fourth-order valence-corrected chi connectivity index (χ4v) is 3.95. The fraction of sp³-hybridized carbons (Fsp3) is 0.429. The van der Waals surface area contributed by atoms with Crippen molar-refractivity contribution in [2.24, 2.45) is 0 Å². The van der Waals surface area contributed by atoms with Gasteiger partial charge in [-0.05, 0) is 42.0 Å². The molecule has 0 spiro atoms. The predicted octanol–water partition coefficient (Wildman–Crippen LogP) is 3.44. The summed E-state index contributed by atoms with van der Waals surface area (Å²) in [7, 11) is 0. The number of carbonyl (C=O) groups is 2. The fourth-order valence-electron chi connectivity index (χ4n) is 3.23. The number of halogens is 1. The third-order valence-corrected chi connectivity index (χ3v) is 5.65. The third kappa shape index (κ3) is 5.87. The van der Waals surface area contributed by atoms with E-state index in [9.17, 15) is 14.0 Å². The second-order valence-electron chi connectivity index (χ2n) is 6.99. The Bertz CT molecular complexity index is 773. The highest BCUT2D eigenvalue weighted by molar-refractivity contribution is 7.09. The lowest BCUT2D eigenvalue weighted by Gasteiger charge is -2.28. The monoisotopic (exact) mass is 404 g/mol. The number of hydrogen-bond donors (Lipinski definition) is 0. The molecule has 1 atom stereocenters. The Morgan fingerprint density at radius 1 is 1.18 bits per heavy atom. The first-order valence-corrected chi connectivity index (χ1v) is 10.3. The van der Waals surface area contributed by atoms with E-state index in [-0.39, 0.29) is 30.3 Å². The molecule has 1 aromatic heterocycles. The summed E-state index contributed by atoms with van der Waals surface area (Å²) in [6.07, 6.45) is 1.89. The van der Waals surface area contributed by atoms with Gasteiger partial charge in [-0.1, -0.05) is 18.2 Å². The summed E-state index contributed by atoms with van der Waals surface area (Å²) in [4.78, 5) is 29.4. The number of amides is 2. The van der Waals surface area contributed by atoms with Crippen molar-refractivity contribution < 1.29 is 18.7 Å². The Kier molecular flexibility index (Phi) is 7.17. The van der Waals surface area contributed by atoms with E-state index < -0.39 is 0 Å². The molecule has 2 amide bonds. The van der Waals surface area contributed by atoms with Gasteiger partial charge in [-0.2, -0.15) is 0 Å². The van der Waals surface area contributed by atoms with Gasteiger partial charge in [-0.15, -0.1) is 11.3 Å². The van der Waals surface area contributed by atoms with Crippen molar-refractivity contribution in [2.75, 3.05) is 19.7 Å². The zero-order chi connectivity index (χ0) is 19.9. The molecule has 1 unspecified atom stereocenters. The van der Waals surface area contributed by atoms with Crippen LogP contribution in [0.3, 0.4) is 0 Å². The van der Waals surface area contributed by atoms with Crippen LogP contribution in [0.25, 0.3) is 0 Å². The molecular weight excluding hydrogens is 379 g/mol. The van der Waals surface area contributed by atoms with E-state index in [0.29, 0.717) is 26.2 Å². The van der Waals surface area contributed by atoms with Crippen LogP contribution in [0.2, 0.25) is 0 Å². The normalized spacial score (nSPS) is 16.1. The Morgan fingerprint density at radius 3 is 2.57 bits per heavy atom. The minimum absolute atomic E-state index is 0.000422. The van der Waals surface area contributed by atoms with Gasteiger partial charge >= 0.3 is 0 Å². The second-order valence-corrected chi connectivity index (χ2v) is 8.02. The quantitative estimate of drug-likeness (QED) is 0.677. The molecule has 0 bridgehead atoms. The van der Waals surface area contributed by atoms with Crippen LogP contribution in [0.5, 0.6) is 0 Å². The number of nitrogens with zero attached hydrogens (tertiary/aromatic N) is 2. The van der Waals surface area contributed by atoms with Crippen molar-refractivity contribution >= 4 is 23.2 Å². The zero-order valence-electron chi connectivity index (χ0n) is 16.0. The molecule has 1 aromatic carbocycles. The molecule has 150 valence electrons. The number of rotatable bonds is 8. The van der Waals surface area contributed by atoms with Crippen LogP contribution in [0.1, 0.15) is 30.2 Å². The minimum Gasteiger partial charge on any atom is -0.376 e. The highest BCUT2D eigenvalue weighted by Crippen LogP contribution is 2.17. The number of ether oxygens (including phenoxy) is 1. The van der Waals surface area contributed by atoms with Crippen molar-refractivity contribution in [2.45, 2.75) is 39.0 Å². The van der Waals surface area contributed by atoms with Gasteiger partial charge in [0.15, 0.2) is 0 Å². The molecule has 1 aliphatic heterocycles. The van der Waals surface area contributed by atoms with Gasteiger partial charge in [0.25, 0.3) is 0 Å².